The summed E-state index contributed by atoms with van der Waals surface area (Å²) in [5, 5.41) is 9.10. The van der Waals surface area contributed by atoms with Gasteiger partial charge in [-0.05, 0) is 37.0 Å². The van der Waals surface area contributed by atoms with Gasteiger partial charge in [0.2, 0.25) is 0 Å². The number of rotatable bonds is 4. The standard InChI is InChI=1S/C14H17NO2/c1-4-11-6-10(3)13(9-15)12(7-11)8-14(16)17-5-2/h6-7H,4-5,8H2,1-3H3. The third kappa shape index (κ3) is 3.32. The second-order valence-electron chi connectivity index (χ2n) is 3.89. The van der Waals surface area contributed by atoms with Crippen LogP contribution in [-0.2, 0) is 22.4 Å². The van der Waals surface area contributed by atoms with E-state index in [-0.39, 0.29) is 12.4 Å². The third-order valence-corrected chi connectivity index (χ3v) is 2.64. The molecule has 1 aromatic carbocycles. The molecule has 0 aliphatic rings. The van der Waals surface area contributed by atoms with Gasteiger partial charge in [-0.1, -0.05) is 19.1 Å². The molecule has 0 N–H and O–H groups in total. The number of nitrogens with zero attached hydrogens (tertiary/aromatic N) is 1. The highest BCUT2D eigenvalue weighted by atomic mass is 16.5. The SMILES string of the molecule is CCOC(=O)Cc1cc(CC)cc(C)c1C#N. The van der Waals surface area contributed by atoms with Crippen LogP contribution in [0.15, 0.2) is 12.1 Å². The maximum atomic E-state index is 11.5. The van der Waals surface area contributed by atoms with E-state index in [2.05, 4.69) is 13.0 Å². The van der Waals surface area contributed by atoms with Gasteiger partial charge in [-0.3, -0.25) is 4.79 Å². The average Bonchev–Trinajstić information content (AvgIpc) is 2.28. The predicted molar refractivity (Wildman–Crippen MR) is 65.6 cm³/mol. The van der Waals surface area contributed by atoms with E-state index < -0.39 is 0 Å². The largest absolute Gasteiger partial charge is 0.466 e. The smallest absolute Gasteiger partial charge is 0.310 e. The van der Waals surface area contributed by atoms with Crippen LogP contribution in [0.5, 0.6) is 0 Å². The van der Waals surface area contributed by atoms with Gasteiger partial charge < -0.3 is 4.74 Å². The molecule has 0 unspecified atom stereocenters. The molecule has 0 atom stereocenters. The number of hydrogen-bond donors (Lipinski definition) is 0. The number of ether oxygens (including phenoxy) is 1. The summed E-state index contributed by atoms with van der Waals surface area (Å²) in [6.45, 7) is 6.09. The number of nitriles is 1. The van der Waals surface area contributed by atoms with Crippen molar-refractivity contribution in [1.29, 1.82) is 5.26 Å². The van der Waals surface area contributed by atoms with E-state index in [1.165, 1.54) is 0 Å². The van der Waals surface area contributed by atoms with Gasteiger partial charge in [0.25, 0.3) is 0 Å². The van der Waals surface area contributed by atoms with Crippen molar-refractivity contribution in [3.63, 3.8) is 0 Å². The molecule has 0 aliphatic carbocycles. The summed E-state index contributed by atoms with van der Waals surface area (Å²) in [7, 11) is 0. The molecule has 1 aromatic rings. The normalized spacial score (nSPS) is 9.76. The molecule has 17 heavy (non-hydrogen) atoms. The Kier molecular flexibility index (Phi) is 4.71. The zero-order valence-electron chi connectivity index (χ0n) is 10.5. The molecule has 0 saturated heterocycles. The lowest BCUT2D eigenvalue weighted by atomic mass is 9.96. The van der Waals surface area contributed by atoms with Gasteiger partial charge in [0.1, 0.15) is 0 Å². The van der Waals surface area contributed by atoms with Gasteiger partial charge in [0, 0.05) is 0 Å². The number of hydrogen-bond acceptors (Lipinski definition) is 3. The number of carbonyl (C=O) groups is 1. The molecule has 0 spiro atoms. The molecule has 1 rings (SSSR count). The number of esters is 1. The van der Waals surface area contributed by atoms with E-state index in [1.54, 1.807) is 6.92 Å². The Morgan fingerprint density at radius 3 is 2.65 bits per heavy atom. The Labute approximate surface area is 102 Å². The Morgan fingerprint density at radius 2 is 2.12 bits per heavy atom. The van der Waals surface area contributed by atoms with Gasteiger partial charge in [-0.15, -0.1) is 0 Å². The van der Waals surface area contributed by atoms with Crippen molar-refractivity contribution in [3.8, 4) is 6.07 Å². The predicted octanol–water partition coefficient (Wildman–Crippen LogP) is 2.53. The lowest BCUT2D eigenvalue weighted by molar-refractivity contribution is -0.142. The molecule has 90 valence electrons. The molecule has 0 heterocycles. The first-order chi connectivity index (χ1) is 8.12. The Morgan fingerprint density at radius 1 is 1.41 bits per heavy atom. The van der Waals surface area contributed by atoms with E-state index in [1.807, 2.05) is 19.1 Å². The first-order valence-corrected chi connectivity index (χ1v) is 5.80. The van der Waals surface area contributed by atoms with Gasteiger partial charge in [0.15, 0.2) is 0 Å². The maximum Gasteiger partial charge on any atom is 0.310 e. The van der Waals surface area contributed by atoms with Crippen molar-refractivity contribution in [2.24, 2.45) is 0 Å². The van der Waals surface area contributed by atoms with Crippen LogP contribution in [0.2, 0.25) is 0 Å². The van der Waals surface area contributed by atoms with Crippen molar-refractivity contribution in [2.75, 3.05) is 6.61 Å². The minimum atomic E-state index is -0.281. The van der Waals surface area contributed by atoms with Crippen LogP contribution in [0.4, 0.5) is 0 Å². The van der Waals surface area contributed by atoms with E-state index in [9.17, 15) is 4.79 Å². The van der Waals surface area contributed by atoms with Crippen LogP contribution in [0.3, 0.4) is 0 Å². The van der Waals surface area contributed by atoms with Crippen LogP contribution in [-0.4, -0.2) is 12.6 Å². The molecule has 0 saturated carbocycles. The van der Waals surface area contributed by atoms with Crippen molar-refractivity contribution in [3.05, 3.63) is 34.4 Å². The Hall–Kier alpha value is -1.82. The van der Waals surface area contributed by atoms with Crippen LogP contribution >= 0.6 is 0 Å². The maximum absolute atomic E-state index is 11.5. The summed E-state index contributed by atoms with van der Waals surface area (Å²) in [5.74, 6) is -0.281. The molecular formula is C14H17NO2. The monoisotopic (exact) mass is 231 g/mol. The van der Waals surface area contributed by atoms with E-state index in [0.717, 1.165) is 23.1 Å². The average molecular weight is 231 g/mol. The molecular weight excluding hydrogens is 214 g/mol. The van der Waals surface area contributed by atoms with Gasteiger partial charge in [-0.25, -0.2) is 0 Å². The van der Waals surface area contributed by atoms with Crippen LogP contribution in [0.25, 0.3) is 0 Å². The highest BCUT2D eigenvalue weighted by molar-refractivity contribution is 5.74. The first-order valence-electron chi connectivity index (χ1n) is 5.80. The van der Waals surface area contributed by atoms with Crippen LogP contribution in [0.1, 0.15) is 36.1 Å². The minimum absolute atomic E-state index is 0.172. The fourth-order valence-corrected chi connectivity index (χ4v) is 1.81. The van der Waals surface area contributed by atoms with Crippen LogP contribution in [0, 0.1) is 18.3 Å². The summed E-state index contributed by atoms with van der Waals surface area (Å²) >= 11 is 0. The molecule has 0 amide bonds. The fourth-order valence-electron chi connectivity index (χ4n) is 1.81. The molecule has 0 fully saturated rings. The van der Waals surface area contributed by atoms with Gasteiger partial charge in [0.05, 0.1) is 24.7 Å². The summed E-state index contributed by atoms with van der Waals surface area (Å²) in [6, 6.07) is 6.07. The highest BCUT2D eigenvalue weighted by Crippen LogP contribution is 2.18. The zero-order valence-corrected chi connectivity index (χ0v) is 10.5. The van der Waals surface area contributed by atoms with Crippen molar-refractivity contribution in [1.82, 2.24) is 0 Å². The zero-order chi connectivity index (χ0) is 12.8. The van der Waals surface area contributed by atoms with Crippen molar-refractivity contribution >= 4 is 5.97 Å². The van der Waals surface area contributed by atoms with E-state index in [4.69, 9.17) is 10.00 Å². The summed E-state index contributed by atoms with van der Waals surface area (Å²) in [4.78, 5) is 11.5. The molecule has 0 radical (unpaired) electrons. The highest BCUT2D eigenvalue weighted by Gasteiger charge is 2.12. The number of carbonyl (C=O) groups excluding carboxylic acids is 1. The second-order valence-corrected chi connectivity index (χ2v) is 3.89. The molecule has 0 aromatic heterocycles. The third-order valence-electron chi connectivity index (χ3n) is 2.64. The van der Waals surface area contributed by atoms with Gasteiger partial charge >= 0.3 is 5.97 Å². The Balaban J connectivity index is 3.08. The summed E-state index contributed by atoms with van der Waals surface area (Å²) in [6.07, 6.45) is 1.06. The van der Waals surface area contributed by atoms with E-state index >= 15 is 0 Å². The van der Waals surface area contributed by atoms with Crippen molar-refractivity contribution in [2.45, 2.75) is 33.6 Å². The quantitative estimate of drug-likeness (QED) is 0.748. The molecule has 0 aliphatic heterocycles. The fraction of sp³-hybridized carbons (Fsp3) is 0.429. The lowest BCUT2D eigenvalue weighted by Gasteiger charge is -2.09. The molecule has 0 bridgehead atoms. The second kappa shape index (κ2) is 6.05. The van der Waals surface area contributed by atoms with Crippen LogP contribution < -0.4 is 0 Å². The molecule has 3 heteroatoms. The Bertz CT molecular complexity index is 458. The summed E-state index contributed by atoms with van der Waals surface area (Å²) in [5.41, 5.74) is 3.42. The first kappa shape index (κ1) is 13.2. The number of benzene rings is 1. The number of aryl methyl sites for hydroxylation is 2. The topological polar surface area (TPSA) is 50.1 Å². The van der Waals surface area contributed by atoms with Crippen molar-refractivity contribution < 1.29 is 9.53 Å². The minimum Gasteiger partial charge on any atom is -0.466 e. The summed E-state index contributed by atoms with van der Waals surface area (Å²) < 4.78 is 4.91. The van der Waals surface area contributed by atoms with Gasteiger partial charge in [-0.2, -0.15) is 5.26 Å². The lowest BCUT2D eigenvalue weighted by Crippen LogP contribution is -2.09. The molecule has 3 nitrogen and oxygen atoms in total. The van der Waals surface area contributed by atoms with E-state index in [0.29, 0.717) is 12.2 Å².